The molecule has 0 aliphatic rings. The summed E-state index contributed by atoms with van der Waals surface area (Å²) in [5, 5.41) is 8.99. The van der Waals surface area contributed by atoms with Gasteiger partial charge in [-0.25, -0.2) is 0 Å². The molecule has 0 fully saturated rings. The Morgan fingerprint density at radius 1 is 0.268 bits per heavy atom. The number of halogens is 2. The summed E-state index contributed by atoms with van der Waals surface area (Å²) in [6.45, 7) is 0. The second kappa shape index (κ2) is 12.9. The van der Waals surface area contributed by atoms with E-state index in [0.29, 0.717) is 0 Å². The SMILES string of the molecule is [I][Pd]([I])([PH](c1ccccc1)(c1ccccc1)c1ccccc1)[PH](c1ccccc1)(c1ccccc1)c1ccccc1. The monoisotopic (exact) mass is 886 g/mol. The van der Waals surface area contributed by atoms with Crippen LogP contribution in [0.1, 0.15) is 0 Å². The zero-order valence-corrected chi connectivity index (χ0v) is 30.3. The third kappa shape index (κ3) is 5.02. The van der Waals surface area contributed by atoms with Gasteiger partial charge in [-0.1, -0.05) is 0 Å². The second-order valence-corrected chi connectivity index (χ2v) is 67.0. The number of hydrogen-bond acceptors (Lipinski definition) is 0. The molecule has 0 aliphatic carbocycles. The van der Waals surface area contributed by atoms with Gasteiger partial charge in [-0.05, 0) is 0 Å². The first kappa shape index (κ1) is 29.4. The molecular formula is C36H32I2P2Pd. The Balaban J connectivity index is 1.86. The van der Waals surface area contributed by atoms with Gasteiger partial charge in [-0.15, -0.1) is 0 Å². The summed E-state index contributed by atoms with van der Waals surface area (Å²) in [6, 6.07) is 69.1. The van der Waals surface area contributed by atoms with Gasteiger partial charge in [0.25, 0.3) is 0 Å². The van der Waals surface area contributed by atoms with Gasteiger partial charge in [0.1, 0.15) is 0 Å². The fourth-order valence-electron chi connectivity index (χ4n) is 5.81. The minimum atomic E-state index is -2.67. The predicted molar refractivity (Wildman–Crippen MR) is 201 cm³/mol. The molecule has 0 saturated heterocycles. The van der Waals surface area contributed by atoms with Crippen LogP contribution in [-0.4, -0.2) is 0 Å². The van der Waals surface area contributed by atoms with Crippen LogP contribution >= 0.6 is 49.9 Å². The molecule has 41 heavy (non-hydrogen) atoms. The fourth-order valence-corrected chi connectivity index (χ4v) is 88.7. The van der Waals surface area contributed by atoms with Crippen molar-refractivity contribution in [2.24, 2.45) is 0 Å². The third-order valence-corrected chi connectivity index (χ3v) is 76.9. The Labute approximate surface area is 268 Å². The molecular weight excluding hydrogens is 855 g/mol. The molecule has 6 rings (SSSR count). The summed E-state index contributed by atoms with van der Waals surface area (Å²) >= 11 is 6.17. The van der Waals surface area contributed by atoms with Crippen LogP contribution in [0.15, 0.2) is 182 Å². The van der Waals surface area contributed by atoms with Crippen LogP contribution in [-0.2, 0) is 7.32 Å². The Morgan fingerprint density at radius 2 is 0.415 bits per heavy atom. The van der Waals surface area contributed by atoms with Crippen LogP contribution in [0, 0.1) is 0 Å². The molecule has 5 heteroatoms. The summed E-state index contributed by atoms with van der Waals surface area (Å²) in [7, 11) is -2.67. The first-order chi connectivity index (χ1) is 20.1. The van der Waals surface area contributed by atoms with Gasteiger partial charge in [-0.2, -0.15) is 0 Å². The van der Waals surface area contributed by atoms with E-state index in [2.05, 4.69) is 221 Å². The van der Waals surface area contributed by atoms with E-state index in [-0.39, 0.29) is 0 Å². The number of hydrogen-bond donors (Lipinski definition) is 0. The Morgan fingerprint density at radius 3 is 0.561 bits per heavy atom. The van der Waals surface area contributed by atoms with E-state index >= 15 is 0 Å². The molecule has 6 aromatic rings. The van der Waals surface area contributed by atoms with Crippen LogP contribution in [0.25, 0.3) is 0 Å². The van der Waals surface area contributed by atoms with Gasteiger partial charge in [0.15, 0.2) is 0 Å². The Kier molecular flexibility index (Phi) is 9.24. The van der Waals surface area contributed by atoms with Crippen molar-refractivity contribution in [2.75, 3.05) is 0 Å². The molecule has 6 aromatic carbocycles. The summed E-state index contributed by atoms with van der Waals surface area (Å²) in [6.07, 6.45) is 0. The van der Waals surface area contributed by atoms with Crippen LogP contribution < -0.4 is 31.8 Å². The molecule has 0 N–H and O–H groups in total. The minimum absolute atomic E-state index is 1.50. The topological polar surface area (TPSA) is 0 Å². The van der Waals surface area contributed by atoms with Crippen molar-refractivity contribution < 1.29 is 7.32 Å². The van der Waals surface area contributed by atoms with E-state index in [0.717, 1.165) is 0 Å². The maximum atomic E-state index is 3.09. The molecule has 210 valence electrons. The van der Waals surface area contributed by atoms with E-state index in [1.54, 1.807) is 0 Å². The number of rotatable bonds is 8. The van der Waals surface area contributed by atoms with Crippen LogP contribution in [0.4, 0.5) is 0 Å². The molecule has 0 nitrogen and oxygen atoms in total. The Bertz CT molecular complexity index is 1360. The first-order valence-corrected chi connectivity index (χ1v) is 31.1. The van der Waals surface area contributed by atoms with Gasteiger partial charge in [0.05, 0.1) is 0 Å². The van der Waals surface area contributed by atoms with Crippen molar-refractivity contribution >= 4 is 81.8 Å². The Hall–Kier alpha value is -1.70. The molecule has 0 aromatic heterocycles. The van der Waals surface area contributed by atoms with E-state index in [1.165, 1.54) is 31.8 Å². The molecule has 0 heterocycles. The predicted octanol–water partition coefficient (Wildman–Crippen LogP) is 8.12. The van der Waals surface area contributed by atoms with Crippen molar-refractivity contribution in [1.82, 2.24) is 0 Å². The van der Waals surface area contributed by atoms with Gasteiger partial charge in [0, 0.05) is 0 Å². The molecule has 0 bridgehead atoms. The fraction of sp³-hybridized carbons (Fsp3) is 0. The van der Waals surface area contributed by atoms with Crippen molar-refractivity contribution in [2.45, 2.75) is 0 Å². The molecule has 0 spiro atoms. The second-order valence-electron chi connectivity index (χ2n) is 9.78. The van der Waals surface area contributed by atoms with Gasteiger partial charge >= 0.3 is 271 Å². The molecule has 0 unspecified atom stereocenters. The van der Waals surface area contributed by atoms with Gasteiger partial charge < -0.3 is 0 Å². The van der Waals surface area contributed by atoms with E-state index in [4.69, 9.17) is 0 Å². The quantitative estimate of drug-likeness (QED) is 0.0824. The summed E-state index contributed by atoms with van der Waals surface area (Å²) in [5.74, 6) is 0. The standard InChI is InChI=1S/2C18H15P.2HI.Pd/c2*1-4-10-16(11-5-1)19(17-12-6-2-7-13-17)18-14-8-3-9-15-18;;;/h2*1-15H;2*1H;. The third-order valence-electron chi connectivity index (χ3n) is 7.52. The van der Waals surface area contributed by atoms with Gasteiger partial charge in [-0.3, -0.25) is 0 Å². The normalized spacial score (nSPS) is 13.3. The molecule has 0 radical (unpaired) electrons. The molecule has 0 saturated carbocycles. The van der Waals surface area contributed by atoms with Crippen molar-refractivity contribution in [1.29, 1.82) is 0 Å². The number of benzene rings is 6. The average Bonchev–Trinajstić information content (AvgIpc) is 3.05. The van der Waals surface area contributed by atoms with Gasteiger partial charge in [0.2, 0.25) is 0 Å². The van der Waals surface area contributed by atoms with Crippen molar-refractivity contribution in [3.05, 3.63) is 182 Å². The molecule has 0 atom stereocenters. The molecule has 0 aliphatic heterocycles. The van der Waals surface area contributed by atoms with Crippen LogP contribution in [0.3, 0.4) is 0 Å². The first-order valence-electron chi connectivity index (χ1n) is 13.5. The van der Waals surface area contributed by atoms with Crippen molar-refractivity contribution in [3.63, 3.8) is 0 Å². The molecule has 0 amide bonds. The maximum absolute atomic E-state index is 3.09. The van der Waals surface area contributed by atoms with E-state index in [1.807, 2.05) is 0 Å². The zero-order chi connectivity index (χ0) is 28.2. The zero-order valence-electron chi connectivity index (χ0n) is 22.4. The summed E-state index contributed by atoms with van der Waals surface area (Å²) in [4.78, 5) is 0. The summed E-state index contributed by atoms with van der Waals surface area (Å²) < 4.78 is 0. The van der Waals surface area contributed by atoms with Crippen molar-refractivity contribution in [3.8, 4) is 0 Å². The van der Waals surface area contributed by atoms with Crippen LogP contribution in [0.2, 0.25) is 0 Å². The average molecular weight is 887 g/mol. The van der Waals surface area contributed by atoms with E-state index < -0.39 is 18.2 Å². The van der Waals surface area contributed by atoms with E-state index in [9.17, 15) is 0 Å². The summed E-state index contributed by atoms with van der Waals surface area (Å²) in [5.41, 5.74) is -5.30. The van der Waals surface area contributed by atoms with Crippen LogP contribution in [0.5, 0.6) is 0 Å².